The summed E-state index contributed by atoms with van der Waals surface area (Å²) in [5, 5.41) is 0. The van der Waals surface area contributed by atoms with E-state index in [4.69, 9.17) is 10.5 Å². The van der Waals surface area contributed by atoms with E-state index in [0.717, 1.165) is 0 Å². The Labute approximate surface area is 124 Å². The van der Waals surface area contributed by atoms with Gasteiger partial charge in [-0.1, -0.05) is 0 Å². The van der Waals surface area contributed by atoms with Crippen molar-refractivity contribution in [2.75, 3.05) is 17.6 Å². The molecular weight excluding hydrogens is 348 g/mol. The van der Waals surface area contributed by atoms with Gasteiger partial charge in [-0.05, 0) is 34.1 Å². The zero-order valence-electron chi connectivity index (χ0n) is 10.4. The lowest BCUT2D eigenvalue weighted by Crippen LogP contribution is -2.14. The highest BCUT2D eigenvalue weighted by Gasteiger charge is 2.16. The first-order chi connectivity index (χ1) is 9.42. The molecular formula is C11H11BrN4O3S. The second-order valence-electron chi connectivity index (χ2n) is 3.73. The van der Waals surface area contributed by atoms with Crippen LogP contribution >= 0.6 is 15.9 Å². The third-order valence-corrected chi connectivity index (χ3v) is 4.13. The molecule has 3 N–H and O–H groups in total. The van der Waals surface area contributed by atoms with E-state index in [1.165, 1.54) is 37.7 Å². The fourth-order valence-electron chi connectivity index (χ4n) is 1.44. The van der Waals surface area contributed by atoms with Crippen molar-refractivity contribution in [1.29, 1.82) is 0 Å². The van der Waals surface area contributed by atoms with Crippen LogP contribution in [0.25, 0.3) is 0 Å². The van der Waals surface area contributed by atoms with Crippen LogP contribution in [0.15, 0.2) is 40.1 Å². The number of aromatic nitrogens is 2. The SMILES string of the molecule is COc1ccc(S(=O)(=O)Nc2cnc(Br)cn2)cc1N. The molecule has 0 saturated heterocycles. The van der Waals surface area contributed by atoms with Gasteiger partial charge in [0.1, 0.15) is 10.4 Å². The first-order valence-electron chi connectivity index (χ1n) is 5.36. The minimum Gasteiger partial charge on any atom is -0.495 e. The largest absolute Gasteiger partial charge is 0.495 e. The topological polar surface area (TPSA) is 107 Å². The molecule has 7 nitrogen and oxygen atoms in total. The lowest BCUT2D eigenvalue weighted by molar-refractivity contribution is 0.416. The summed E-state index contributed by atoms with van der Waals surface area (Å²) in [6, 6.07) is 4.19. The maximum absolute atomic E-state index is 12.2. The van der Waals surface area contributed by atoms with Gasteiger partial charge in [-0.25, -0.2) is 18.4 Å². The first kappa shape index (κ1) is 14.5. The Balaban J connectivity index is 2.30. The average Bonchev–Trinajstić information content (AvgIpc) is 2.41. The van der Waals surface area contributed by atoms with Crippen molar-refractivity contribution < 1.29 is 13.2 Å². The van der Waals surface area contributed by atoms with Crippen LogP contribution in [-0.2, 0) is 10.0 Å². The maximum atomic E-state index is 12.2. The van der Waals surface area contributed by atoms with Gasteiger partial charge in [0, 0.05) is 0 Å². The maximum Gasteiger partial charge on any atom is 0.263 e. The Morgan fingerprint density at radius 2 is 2.05 bits per heavy atom. The van der Waals surface area contributed by atoms with Crippen LogP contribution in [0.2, 0.25) is 0 Å². The third kappa shape index (κ3) is 3.17. The third-order valence-electron chi connectivity index (χ3n) is 2.37. The Kier molecular flexibility index (Phi) is 4.09. The number of anilines is 2. The molecule has 1 aromatic carbocycles. The van der Waals surface area contributed by atoms with Crippen LogP contribution in [0.3, 0.4) is 0 Å². The molecule has 9 heteroatoms. The van der Waals surface area contributed by atoms with E-state index >= 15 is 0 Å². The Bertz CT molecular complexity index is 719. The van der Waals surface area contributed by atoms with Crippen molar-refractivity contribution in [2.24, 2.45) is 0 Å². The smallest absolute Gasteiger partial charge is 0.263 e. The summed E-state index contributed by atoms with van der Waals surface area (Å²) in [6.07, 6.45) is 2.69. The molecule has 0 aliphatic rings. The van der Waals surface area contributed by atoms with E-state index in [2.05, 4.69) is 30.6 Å². The molecule has 0 aliphatic carbocycles. The van der Waals surface area contributed by atoms with Crippen molar-refractivity contribution in [1.82, 2.24) is 9.97 Å². The molecule has 0 radical (unpaired) electrons. The van der Waals surface area contributed by atoms with E-state index < -0.39 is 10.0 Å². The fourth-order valence-corrected chi connectivity index (χ4v) is 2.67. The summed E-state index contributed by atoms with van der Waals surface area (Å²) in [5.41, 5.74) is 5.92. The van der Waals surface area contributed by atoms with Gasteiger partial charge in [-0.2, -0.15) is 0 Å². The number of nitrogen functional groups attached to an aromatic ring is 1. The molecule has 0 unspecified atom stereocenters. The van der Waals surface area contributed by atoms with Gasteiger partial charge in [0.25, 0.3) is 10.0 Å². The zero-order valence-corrected chi connectivity index (χ0v) is 12.8. The predicted octanol–water partition coefficient (Wildman–Crippen LogP) is 1.63. The molecule has 0 amide bonds. The summed E-state index contributed by atoms with van der Waals surface area (Å²) >= 11 is 3.11. The number of halogens is 1. The average molecular weight is 359 g/mol. The van der Waals surface area contributed by atoms with Crippen molar-refractivity contribution in [3.63, 3.8) is 0 Å². The van der Waals surface area contributed by atoms with E-state index in [-0.39, 0.29) is 16.4 Å². The van der Waals surface area contributed by atoms with Crippen LogP contribution in [0, 0.1) is 0 Å². The van der Waals surface area contributed by atoms with Crippen LogP contribution in [-0.4, -0.2) is 25.5 Å². The molecule has 0 spiro atoms. The van der Waals surface area contributed by atoms with Crippen LogP contribution in [0.5, 0.6) is 5.75 Å². The van der Waals surface area contributed by atoms with Crippen molar-refractivity contribution in [3.8, 4) is 5.75 Å². The Morgan fingerprint density at radius 1 is 1.30 bits per heavy atom. The van der Waals surface area contributed by atoms with Gasteiger partial charge in [0.2, 0.25) is 0 Å². The van der Waals surface area contributed by atoms with E-state index in [1.807, 2.05) is 0 Å². The fraction of sp³-hybridized carbons (Fsp3) is 0.0909. The monoisotopic (exact) mass is 358 g/mol. The van der Waals surface area contributed by atoms with Gasteiger partial charge in [0.05, 0.1) is 30.1 Å². The number of nitrogens with one attached hydrogen (secondary N) is 1. The number of benzene rings is 1. The second-order valence-corrected chi connectivity index (χ2v) is 6.23. The highest BCUT2D eigenvalue weighted by atomic mass is 79.9. The summed E-state index contributed by atoms with van der Waals surface area (Å²) in [6.45, 7) is 0. The van der Waals surface area contributed by atoms with E-state index in [9.17, 15) is 8.42 Å². The Hall–Kier alpha value is -1.87. The van der Waals surface area contributed by atoms with Gasteiger partial charge in [0.15, 0.2) is 5.82 Å². The molecule has 2 rings (SSSR count). The predicted molar refractivity (Wildman–Crippen MR) is 77.9 cm³/mol. The summed E-state index contributed by atoms with van der Waals surface area (Å²) < 4.78 is 32.1. The van der Waals surface area contributed by atoms with Crippen LogP contribution in [0.1, 0.15) is 0 Å². The first-order valence-corrected chi connectivity index (χ1v) is 7.64. The van der Waals surface area contributed by atoms with Gasteiger partial charge in [-0.15, -0.1) is 0 Å². The molecule has 2 aromatic rings. The van der Waals surface area contributed by atoms with Crippen molar-refractivity contribution >= 4 is 37.5 Å². The molecule has 1 heterocycles. The minimum absolute atomic E-state index is 0.0144. The highest BCUT2D eigenvalue weighted by molar-refractivity contribution is 9.10. The number of sulfonamides is 1. The molecule has 1 aromatic heterocycles. The number of nitrogens with zero attached hydrogens (tertiary/aromatic N) is 2. The van der Waals surface area contributed by atoms with Crippen LogP contribution < -0.4 is 15.2 Å². The number of nitrogens with two attached hydrogens (primary N) is 1. The summed E-state index contributed by atoms with van der Waals surface area (Å²) in [4.78, 5) is 7.79. The highest BCUT2D eigenvalue weighted by Crippen LogP contribution is 2.25. The number of hydrogen-bond acceptors (Lipinski definition) is 6. The standard InChI is InChI=1S/C11H11BrN4O3S/c1-19-9-3-2-7(4-8(9)13)20(17,18)16-11-6-14-10(12)5-15-11/h2-6H,13H2,1H3,(H,15,16). The van der Waals surface area contributed by atoms with Crippen molar-refractivity contribution in [2.45, 2.75) is 4.90 Å². The zero-order chi connectivity index (χ0) is 14.8. The van der Waals surface area contributed by atoms with Gasteiger partial charge < -0.3 is 10.5 Å². The molecule has 0 saturated carbocycles. The minimum atomic E-state index is -3.78. The number of ether oxygens (including phenoxy) is 1. The van der Waals surface area contributed by atoms with E-state index in [1.54, 1.807) is 0 Å². The molecule has 106 valence electrons. The summed E-state index contributed by atoms with van der Waals surface area (Å²) in [5.74, 6) is 0.523. The molecule has 0 bridgehead atoms. The number of rotatable bonds is 4. The second kappa shape index (κ2) is 5.63. The summed E-state index contributed by atoms with van der Waals surface area (Å²) in [7, 11) is -2.32. The van der Waals surface area contributed by atoms with E-state index in [0.29, 0.717) is 10.4 Å². The lowest BCUT2D eigenvalue weighted by Gasteiger charge is -2.09. The molecule has 0 fully saturated rings. The van der Waals surface area contributed by atoms with Crippen LogP contribution in [0.4, 0.5) is 11.5 Å². The van der Waals surface area contributed by atoms with Crippen molar-refractivity contribution in [3.05, 3.63) is 35.2 Å². The van der Waals surface area contributed by atoms with Gasteiger partial charge >= 0.3 is 0 Å². The number of hydrogen-bond donors (Lipinski definition) is 2. The Morgan fingerprint density at radius 3 is 2.60 bits per heavy atom. The lowest BCUT2D eigenvalue weighted by atomic mass is 10.3. The quantitative estimate of drug-likeness (QED) is 0.804. The number of methoxy groups -OCH3 is 1. The van der Waals surface area contributed by atoms with Gasteiger partial charge in [-0.3, -0.25) is 4.72 Å². The molecule has 20 heavy (non-hydrogen) atoms. The molecule has 0 atom stereocenters. The normalized spacial score (nSPS) is 11.1. The molecule has 0 aliphatic heterocycles.